The van der Waals surface area contributed by atoms with Crippen molar-refractivity contribution < 1.29 is 23.9 Å². The van der Waals surface area contributed by atoms with Crippen molar-refractivity contribution in [3.63, 3.8) is 0 Å². The molecule has 4 aromatic carbocycles. The summed E-state index contributed by atoms with van der Waals surface area (Å²) in [7, 11) is 2.97. The lowest BCUT2D eigenvalue weighted by molar-refractivity contribution is -0.114. The average molecular weight is 671 g/mol. The predicted octanol–water partition coefficient (Wildman–Crippen LogP) is 7.80. The molecule has 0 aliphatic heterocycles. The Morgan fingerprint density at radius 3 is 2.07 bits per heavy atom. The van der Waals surface area contributed by atoms with Gasteiger partial charge in [-0.3, -0.25) is 14.4 Å². The highest BCUT2D eigenvalue weighted by molar-refractivity contribution is 8.00. The number of anilines is 2. The van der Waals surface area contributed by atoms with Crippen LogP contribution in [0.3, 0.4) is 0 Å². The minimum Gasteiger partial charge on any atom is -0.495 e. The van der Waals surface area contributed by atoms with Crippen LogP contribution in [0.4, 0.5) is 11.4 Å². The number of halogens is 3. The smallest absolute Gasteiger partial charge is 0.272 e. The van der Waals surface area contributed by atoms with Crippen molar-refractivity contribution in [2.24, 2.45) is 0 Å². The van der Waals surface area contributed by atoms with Crippen LogP contribution < -0.4 is 25.4 Å². The molecule has 0 aliphatic rings. The summed E-state index contributed by atoms with van der Waals surface area (Å²) in [4.78, 5) is 39.6. The molecule has 0 unspecified atom stereocenters. The van der Waals surface area contributed by atoms with Crippen molar-refractivity contribution in [3.8, 4) is 11.5 Å². The van der Waals surface area contributed by atoms with Crippen LogP contribution in [0.25, 0.3) is 6.08 Å². The molecule has 0 saturated carbocycles. The van der Waals surface area contributed by atoms with Crippen LogP contribution in [0, 0.1) is 0 Å². The molecule has 0 radical (unpaired) electrons. The number of nitrogens with one attached hydrogen (secondary N) is 3. The van der Waals surface area contributed by atoms with Crippen LogP contribution in [0.5, 0.6) is 11.5 Å². The maximum absolute atomic E-state index is 13.3. The number of thioether (sulfide) groups is 1. The average Bonchev–Trinajstić information content (AvgIpc) is 3.02. The number of amides is 3. The first-order valence-corrected chi connectivity index (χ1v) is 15.1. The molecule has 12 heteroatoms. The van der Waals surface area contributed by atoms with Gasteiger partial charge in [-0.05, 0) is 60.7 Å². The Bertz CT molecular complexity index is 1680. The van der Waals surface area contributed by atoms with E-state index in [2.05, 4.69) is 16.0 Å². The third kappa shape index (κ3) is 8.70. The zero-order valence-electron chi connectivity index (χ0n) is 23.5. The number of hydrogen-bond donors (Lipinski definition) is 3. The van der Waals surface area contributed by atoms with Crippen LogP contribution in [0.15, 0.2) is 95.5 Å². The van der Waals surface area contributed by atoms with Gasteiger partial charge in [0.2, 0.25) is 5.91 Å². The van der Waals surface area contributed by atoms with Gasteiger partial charge in [0.25, 0.3) is 11.8 Å². The Labute approximate surface area is 273 Å². The molecule has 0 saturated heterocycles. The van der Waals surface area contributed by atoms with Gasteiger partial charge in [-0.1, -0.05) is 59.1 Å². The normalized spacial score (nSPS) is 11.0. The van der Waals surface area contributed by atoms with Gasteiger partial charge in [0.05, 0.1) is 30.7 Å². The summed E-state index contributed by atoms with van der Waals surface area (Å²) in [6.07, 6.45) is 1.43. The van der Waals surface area contributed by atoms with Crippen molar-refractivity contribution >= 4 is 81.7 Å². The topological polar surface area (TPSA) is 106 Å². The molecule has 0 heterocycles. The summed E-state index contributed by atoms with van der Waals surface area (Å²) in [5.41, 5.74) is 1.58. The number of carbonyl (C=O) groups excluding carboxylic acids is 3. The molecule has 0 aromatic heterocycles. The van der Waals surface area contributed by atoms with Gasteiger partial charge in [-0.2, -0.15) is 0 Å². The Morgan fingerprint density at radius 2 is 1.43 bits per heavy atom. The fourth-order valence-electron chi connectivity index (χ4n) is 3.86. The van der Waals surface area contributed by atoms with Gasteiger partial charge in [0.1, 0.15) is 17.2 Å². The summed E-state index contributed by atoms with van der Waals surface area (Å²) in [5, 5.41) is 9.19. The lowest BCUT2D eigenvalue weighted by Crippen LogP contribution is -2.30. The van der Waals surface area contributed by atoms with E-state index in [1.165, 1.54) is 32.1 Å². The Balaban J connectivity index is 1.43. The second kappa shape index (κ2) is 15.5. The highest BCUT2D eigenvalue weighted by atomic mass is 35.5. The van der Waals surface area contributed by atoms with E-state index >= 15 is 0 Å². The third-order valence-electron chi connectivity index (χ3n) is 6.05. The number of carbonyl (C=O) groups is 3. The highest BCUT2D eigenvalue weighted by Gasteiger charge is 2.17. The van der Waals surface area contributed by atoms with Gasteiger partial charge in [0.15, 0.2) is 0 Å². The molecular formula is C32H26Cl3N3O5S. The van der Waals surface area contributed by atoms with E-state index in [-0.39, 0.29) is 17.4 Å². The molecule has 0 bridgehead atoms. The largest absolute Gasteiger partial charge is 0.495 e. The van der Waals surface area contributed by atoms with Crippen LogP contribution in [0.1, 0.15) is 15.9 Å². The zero-order valence-corrected chi connectivity index (χ0v) is 26.5. The second-order valence-electron chi connectivity index (χ2n) is 9.02. The van der Waals surface area contributed by atoms with Crippen LogP contribution >= 0.6 is 46.6 Å². The van der Waals surface area contributed by atoms with Crippen molar-refractivity contribution in [3.05, 3.63) is 117 Å². The lowest BCUT2D eigenvalue weighted by atomic mass is 10.1. The SMILES string of the molecule is COc1cc(OC)c(NC(=O)CSc2ccc(NC(=O)/C(=C/c3c(Cl)cccc3Cl)NC(=O)c3ccccc3)cc2)cc1Cl. The number of ether oxygens (including phenoxy) is 2. The zero-order chi connectivity index (χ0) is 31.6. The maximum atomic E-state index is 13.3. The highest BCUT2D eigenvalue weighted by Crippen LogP contribution is 2.36. The molecule has 0 spiro atoms. The van der Waals surface area contributed by atoms with Crippen LogP contribution in [-0.2, 0) is 9.59 Å². The molecule has 0 aliphatic carbocycles. The molecule has 0 atom stereocenters. The maximum Gasteiger partial charge on any atom is 0.272 e. The van der Waals surface area contributed by atoms with Crippen LogP contribution in [0.2, 0.25) is 15.1 Å². The van der Waals surface area contributed by atoms with Crippen LogP contribution in [-0.4, -0.2) is 37.7 Å². The fraction of sp³-hybridized carbons (Fsp3) is 0.0938. The molecule has 3 amide bonds. The van der Waals surface area contributed by atoms with Gasteiger partial charge >= 0.3 is 0 Å². The van der Waals surface area contributed by atoms with Gasteiger partial charge in [-0.25, -0.2) is 0 Å². The van der Waals surface area contributed by atoms with Gasteiger partial charge in [0, 0.05) is 37.8 Å². The summed E-state index contributed by atoms with van der Waals surface area (Å²) < 4.78 is 10.5. The van der Waals surface area contributed by atoms with Crippen molar-refractivity contribution in [1.29, 1.82) is 0 Å². The first kappa shape index (κ1) is 32.8. The van der Waals surface area contributed by atoms with E-state index in [0.717, 1.165) is 4.90 Å². The van der Waals surface area contributed by atoms with E-state index in [1.54, 1.807) is 84.9 Å². The van der Waals surface area contributed by atoms with Crippen molar-refractivity contribution in [2.45, 2.75) is 4.90 Å². The summed E-state index contributed by atoms with van der Waals surface area (Å²) in [6.45, 7) is 0. The molecule has 8 nitrogen and oxygen atoms in total. The molecule has 4 rings (SSSR count). The summed E-state index contributed by atoms with van der Waals surface area (Å²) >= 11 is 20.1. The number of hydrogen-bond acceptors (Lipinski definition) is 6. The minimum absolute atomic E-state index is 0.0574. The first-order chi connectivity index (χ1) is 21.2. The minimum atomic E-state index is -0.586. The Morgan fingerprint density at radius 1 is 0.773 bits per heavy atom. The fourth-order valence-corrected chi connectivity index (χ4v) is 5.31. The van der Waals surface area contributed by atoms with Gasteiger partial charge < -0.3 is 25.4 Å². The third-order valence-corrected chi connectivity index (χ3v) is 8.01. The van der Waals surface area contributed by atoms with E-state index < -0.39 is 11.8 Å². The van der Waals surface area contributed by atoms with E-state index in [0.29, 0.717) is 49.1 Å². The predicted molar refractivity (Wildman–Crippen MR) is 177 cm³/mol. The van der Waals surface area contributed by atoms with E-state index in [4.69, 9.17) is 44.3 Å². The molecule has 3 N–H and O–H groups in total. The van der Waals surface area contributed by atoms with E-state index in [1.807, 2.05) is 0 Å². The summed E-state index contributed by atoms with van der Waals surface area (Å²) in [6, 6.07) is 23.5. The van der Waals surface area contributed by atoms with Gasteiger partial charge in [-0.15, -0.1) is 11.8 Å². The van der Waals surface area contributed by atoms with E-state index in [9.17, 15) is 14.4 Å². The molecule has 44 heavy (non-hydrogen) atoms. The second-order valence-corrected chi connectivity index (χ2v) is 11.3. The Kier molecular flexibility index (Phi) is 11.6. The van der Waals surface area contributed by atoms with Crippen molar-refractivity contribution in [1.82, 2.24) is 5.32 Å². The summed E-state index contributed by atoms with van der Waals surface area (Å²) in [5.74, 6) is -0.386. The lowest BCUT2D eigenvalue weighted by Gasteiger charge is -2.13. The molecular weight excluding hydrogens is 645 g/mol. The van der Waals surface area contributed by atoms with Crippen molar-refractivity contribution in [2.75, 3.05) is 30.6 Å². The molecule has 226 valence electrons. The molecule has 4 aromatic rings. The number of benzene rings is 4. The Hall–Kier alpha value is -4.15. The quantitative estimate of drug-likeness (QED) is 0.111. The first-order valence-electron chi connectivity index (χ1n) is 13.0. The standard InChI is InChI=1S/C32H26Cl3N3O5S/c1-42-28-17-29(43-2)26(16-25(28)35)37-30(39)18-44-21-13-11-20(12-14-21)36-32(41)27(15-22-23(33)9-6-10-24(22)34)38-31(40)19-7-4-3-5-8-19/h3-17H,18H2,1-2H3,(H,36,41)(H,37,39)(H,38,40)/b27-15-. The number of methoxy groups -OCH3 is 2. The monoisotopic (exact) mass is 669 g/mol. The number of rotatable bonds is 11. The molecule has 0 fully saturated rings.